The summed E-state index contributed by atoms with van der Waals surface area (Å²) >= 11 is 1.38. The lowest BCUT2D eigenvalue weighted by atomic mass is 10.2. The number of rotatable bonds is 6. The molecule has 2 aromatic heterocycles. The fourth-order valence-electron chi connectivity index (χ4n) is 3.05. The van der Waals surface area contributed by atoms with E-state index in [0.717, 1.165) is 27.9 Å². The van der Waals surface area contributed by atoms with E-state index in [4.69, 9.17) is 14.2 Å². The number of thioether (sulfide) groups is 1. The molecule has 0 saturated carbocycles. The Morgan fingerprint density at radius 1 is 1.23 bits per heavy atom. The lowest BCUT2D eigenvalue weighted by Crippen LogP contribution is -2.12. The molecule has 1 atom stereocenters. The van der Waals surface area contributed by atoms with Crippen molar-refractivity contribution >= 4 is 43.5 Å². The monoisotopic (exact) mass is 461 g/mol. The molecule has 0 fully saturated rings. The molecule has 0 aliphatic carbocycles. The minimum atomic E-state index is -3.38. The highest BCUT2D eigenvalue weighted by Gasteiger charge is 2.24. The van der Waals surface area contributed by atoms with Gasteiger partial charge in [-0.1, -0.05) is 11.8 Å². The molecule has 1 aliphatic heterocycles. The summed E-state index contributed by atoms with van der Waals surface area (Å²) in [5.74, 6) is 1.12. The third kappa shape index (κ3) is 4.67. The Hall–Kier alpha value is -3.05. The summed E-state index contributed by atoms with van der Waals surface area (Å²) in [7, 11) is -1.82. The van der Waals surface area contributed by atoms with Crippen LogP contribution in [0.4, 0.5) is 0 Å². The van der Waals surface area contributed by atoms with Gasteiger partial charge in [-0.15, -0.1) is 0 Å². The average Bonchev–Trinajstić information content (AvgIpc) is 3.33. The first kappa shape index (κ1) is 21.2. The molecule has 1 aromatic carbocycles. The normalized spacial score (nSPS) is 16.2. The molecule has 4 rings (SSSR count). The van der Waals surface area contributed by atoms with Gasteiger partial charge in [0.25, 0.3) is 0 Å². The maximum Gasteiger partial charge on any atom is 0.303 e. The van der Waals surface area contributed by atoms with E-state index in [1.54, 1.807) is 19.2 Å². The molecular formula is C20H19N3O6S2. The Bertz CT molecular complexity index is 1280. The van der Waals surface area contributed by atoms with Crippen molar-refractivity contribution in [2.75, 3.05) is 19.9 Å². The highest BCUT2D eigenvalue weighted by Crippen LogP contribution is 2.35. The highest BCUT2D eigenvalue weighted by atomic mass is 32.2. The number of ether oxygens (including phenoxy) is 3. The van der Waals surface area contributed by atoms with Crippen LogP contribution in [-0.2, 0) is 19.4 Å². The average molecular weight is 462 g/mol. The van der Waals surface area contributed by atoms with Crippen LogP contribution in [0.5, 0.6) is 17.2 Å². The van der Waals surface area contributed by atoms with Crippen LogP contribution in [0.15, 0.2) is 46.5 Å². The van der Waals surface area contributed by atoms with Crippen LogP contribution in [0.3, 0.4) is 0 Å². The van der Waals surface area contributed by atoms with Crippen molar-refractivity contribution in [1.29, 1.82) is 0 Å². The number of nitrogens with zero attached hydrogens (tertiary/aromatic N) is 2. The first-order valence-electron chi connectivity index (χ1n) is 9.16. The van der Waals surface area contributed by atoms with Crippen LogP contribution in [0.2, 0.25) is 0 Å². The lowest BCUT2D eigenvalue weighted by Gasteiger charge is -2.09. The zero-order valence-electron chi connectivity index (χ0n) is 16.9. The molecule has 3 heterocycles. The van der Waals surface area contributed by atoms with Gasteiger partial charge in [-0.25, -0.2) is 13.4 Å². The van der Waals surface area contributed by atoms with E-state index in [-0.39, 0.29) is 16.4 Å². The smallest absolute Gasteiger partial charge is 0.303 e. The van der Waals surface area contributed by atoms with Crippen molar-refractivity contribution in [2.24, 2.45) is 4.99 Å². The number of hydrogen-bond acceptors (Lipinski definition) is 9. The molecule has 0 radical (unpaired) electrons. The number of nitrogens with one attached hydrogen (secondary N) is 1. The molecule has 31 heavy (non-hydrogen) atoms. The van der Waals surface area contributed by atoms with Gasteiger partial charge >= 0.3 is 5.97 Å². The third-order valence-corrected chi connectivity index (χ3v) is 6.45. The van der Waals surface area contributed by atoms with Crippen LogP contribution >= 0.6 is 11.8 Å². The van der Waals surface area contributed by atoms with Crippen LogP contribution in [-0.4, -0.2) is 54.7 Å². The van der Waals surface area contributed by atoms with Gasteiger partial charge in [-0.2, -0.15) is 0 Å². The second-order valence-corrected chi connectivity index (χ2v) is 9.89. The van der Waals surface area contributed by atoms with Gasteiger partial charge in [0.2, 0.25) is 0 Å². The number of esters is 1. The van der Waals surface area contributed by atoms with Crippen LogP contribution < -0.4 is 9.47 Å². The van der Waals surface area contributed by atoms with Gasteiger partial charge < -0.3 is 19.2 Å². The van der Waals surface area contributed by atoms with Gasteiger partial charge in [-0.3, -0.25) is 9.79 Å². The van der Waals surface area contributed by atoms with E-state index in [1.165, 1.54) is 30.9 Å². The van der Waals surface area contributed by atoms with Gasteiger partial charge in [-0.05, 0) is 24.3 Å². The van der Waals surface area contributed by atoms with E-state index in [0.29, 0.717) is 23.8 Å². The first-order valence-corrected chi connectivity index (χ1v) is 11.9. The van der Waals surface area contributed by atoms with E-state index in [1.807, 2.05) is 12.1 Å². The zero-order valence-corrected chi connectivity index (χ0v) is 18.5. The number of hydrogen-bond donors (Lipinski definition) is 1. The van der Waals surface area contributed by atoms with E-state index < -0.39 is 9.84 Å². The summed E-state index contributed by atoms with van der Waals surface area (Å²) in [6, 6.07) is 8.40. The number of aromatic amines is 1. The Labute approximate surface area is 182 Å². The third-order valence-electron chi connectivity index (χ3n) is 4.37. The Balaban J connectivity index is 1.60. The summed E-state index contributed by atoms with van der Waals surface area (Å²) in [6.07, 6.45) is 2.45. The summed E-state index contributed by atoms with van der Waals surface area (Å²) in [5, 5.41) is 1.56. The Morgan fingerprint density at radius 2 is 2.03 bits per heavy atom. The molecule has 3 aromatic rings. The number of methoxy groups -OCH3 is 1. The molecule has 0 saturated heterocycles. The Kier molecular flexibility index (Phi) is 5.63. The summed E-state index contributed by atoms with van der Waals surface area (Å²) < 4.78 is 39.7. The maximum atomic E-state index is 11.6. The molecule has 1 N–H and O–H groups in total. The number of carbonyl (C=O) groups is 1. The predicted molar refractivity (Wildman–Crippen MR) is 117 cm³/mol. The number of aliphatic imine (C=N–C) groups is 1. The van der Waals surface area contributed by atoms with Crippen molar-refractivity contribution in [1.82, 2.24) is 9.97 Å². The molecule has 0 spiro atoms. The number of pyridine rings is 1. The van der Waals surface area contributed by atoms with Gasteiger partial charge in [0, 0.05) is 24.6 Å². The van der Waals surface area contributed by atoms with Crippen molar-refractivity contribution in [2.45, 2.75) is 17.4 Å². The van der Waals surface area contributed by atoms with E-state index in [9.17, 15) is 13.2 Å². The topological polar surface area (TPSA) is 120 Å². The van der Waals surface area contributed by atoms with Crippen LogP contribution in [0.1, 0.15) is 12.6 Å². The van der Waals surface area contributed by atoms with Gasteiger partial charge in [0.1, 0.15) is 22.3 Å². The molecular weight excluding hydrogens is 442 g/mol. The number of carbonyl (C=O) groups excluding carboxylic acids is 1. The Morgan fingerprint density at radius 3 is 2.68 bits per heavy atom. The minimum absolute atomic E-state index is 0.0231. The second-order valence-electron chi connectivity index (χ2n) is 6.78. The van der Waals surface area contributed by atoms with Crippen molar-refractivity contribution in [3.05, 3.63) is 42.2 Å². The minimum Gasteiger partial charge on any atom is -0.494 e. The van der Waals surface area contributed by atoms with E-state index >= 15 is 0 Å². The molecule has 0 bridgehead atoms. The molecule has 0 amide bonds. The zero-order chi connectivity index (χ0) is 22.2. The van der Waals surface area contributed by atoms with Gasteiger partial charge in [0.15, 0.2) is 20.3 Å². The highest BCUT2D eigenvalue weighted by molar-refractivity contribution is 8.15. The standard InChI is InChI=1S/C20H19N3O6S2/c1-11(24)28-18-10-22-20(30-18)15-7-12-6-14(8-16(27-2)19(12)23-15)29-13-4-5-17(21-9-13)31(3,25)26/h4-9,18,23H,10H2,1-3H3. The number of benzene rings is 1. The number of sulfone groups is 1. The largest absolute Gasteiger partial charge is 0.494 e. The summed E-state index contributed by atoms with van der Waals surface area (Å²) in [6.45, 7) is 1.77. The molecule has 1 unspecified atom stereocenters. The van der Waals surface area contributed by atoms with E-state index in [2.05, 4.69) is 15.0 Å². The molecule has 9 nitrogen and oxygen atoms in total. The number of fused-ring (bicyclic) bond motifs is 1. The van der Waals surface area contributed by atoms with Crippen LogP contribution in [0, 0.1) is 0 Å². The van der Waals surface area contributed by atoms with Crippen molar-refractivity contribution in [3.8, 4) is 17.2 Å². The molecule has 162 valence electrons. The quantitative estimate of drug-likeness (QED) is 0.556. The van der Waals surface area contributed by atoms with Crippen molar-refractivity contribution in [3.63, 3.8) is 0 Å². The van der Waals surface area contributed by atoms with Crippen LogP contribution in [0.25, 0.3) is 10.9 Å². The number of aromatic nitrogens is 2. The SMILES string of the molecule is COc1cc(Oc2ccc(S(C)(=O)=O)nc2)cc2cc(C3=NCC(OC(C)=O)S3)[nH]c12. The predicted octanol–water partition coefficient (Wildman–Crippen LogP) is 3.15. The summed E-state index contributed by atoms with van der Waals surface area (Å²) in [5.41, 5.74) is 1.22. The van der Waals surface area contributed by atoms with Gasteiger partial charge in [0.05, 0.1) is 31.1 Å². The first-order chi connectivity index (χ1) is 14.7. The lowest BCUT2D eigenvalue weighted by molar-refractivity contribution is -0.141. The number of H-pyrrole nitrogens is 1. The molecule has 11 heteroatoms. The molecule has 1 aliphatic rings. The second kappa shape index (κ2) is 8.23. The maximum absolute atomic E-state index is 11.6. The van der Waals surface area contributed by atoms with Crippen molar-refractivity contribution < 1.29 is 27.4 Å². The fraction of sp³-hybridized carbons (Fsp3) is 0.250. The fourth-order valence-corrected chi connectivity index (χ4v) is 4.58. The summed E-state index contributed by atoms with van der Waals surface area (Å²) in [4.78, 5) is 22.8.